The molecular formula is C23H34N4O2. The maximum absolute atomic E-state index is 12.3. The molecule has 0 unspecified atom stereocenters. The number of aryl methyl sites for hydroxylation is 1. The molecule has 2 aromatic rings. The third-order valence-electron chi connectivity index (χ3n) is 5.45. The van der Waals surface area contributed by atoms with E-state index in [2.05, 4.69) is 65.3 Å². The van der Waals surface area contributed by atoms with Gasteiger partial charge in [0.15, 0.2) is 0 Å². The molecule has 29 heavy (non-hydrogen) atoms. The van der Waals surface area contributed by atoms with Crippen LogP contribution >= 0.6 is 0 Å². The molecule has 0 radical (unpaired) electrons. The Bertz CT molecular complexity index is 784. The first-order valence-electron chi connectivity index (χ1n) is 10.5. The molecule has 0 saturated carbocycles. The molecule has 1 aliphatic rings. The Kier molecular flexibility index (Phi) is 7.09. The van der Waals surface area contributed by atoms with Crippen LogP contribution in [-0.4, -0.2) is 60.1 Å². The van der Waals surface area contributed by atoms with Gasteiger partial charge in [-0.05, 0) is 29.9 Å². The summed E-state index contributed by atoms with van der Waals surface area (Å²) in [4.78, 5) is 16.8. The topological polar surface area (TPSA) is 61.6 Å². The standard InChI is InChI=1S/C23H34N4O2/c1-18-15-21(25-29-18)16-26-11-13-27(14-12-26)17-22(28)24-10-9-19-5-7-20(8-6-19)23(2,3)4/h5-8,15H,9-14,16-17H2,1-4H3,(H,24,28). The average Bonchev–Trinajstić information content (AvgIpc) is 3.08. The highest BCUT2D eigenvalue weighted by atomic mass is 16.5. The zero-order valence-corrected chi connectivity index (χ0v) is 18.2. The summed E-state index contributed by atoms with van der Waals surface area (Å²) in [5.41, 5.74) is 3.74. The number of nitrogens with one attached hydrogen (secondary N) is 1. The Labute approximate surface area is 174 Å². The van der Waals surface area contributed by atoms with Gasteiger partial charge in [-0.3, -0.25) is 14.6 Å². The second-order valence-corrected chi connectivity index (χ2v) is 9.03. The van der Waals surface area contributed by atoms with Crippen molar-refractivity contribution in [2.45, 2.75) is 46.1 Å². The van der Waals surface area contributed by atoms with Crippen molar-refractivity contribution < 1.29 is 9.32 Å². The molecule has 0 bridgehead atoms. The van der Waals surface area contributed by atoms with Gasteiger partial charge in [0.05, 0.1) is 12.2 Å². The lowest BCUT2D eigenvalue weighted by atomic mass is 9.86. The molecule has 1 aromatic heterocycles. The molecular weight excluding hydrogens is 364 g/mol. The van der Waals surface area contributed by atoms with Gasteiger partial charge in [-0.2, -0.15) is 0 Å². The fourth-order valence-corrected chi connectivity index (χ4v) is 3.60. The van der Waals surface area contributed by atoms with Gasteiger partial charge >= 0.3 is 0 Å². The summed E-state index contributed by atoms with van der Waals surface area (Å²) in [6, 6.07) is 10.7. The van der Waals surface area contributed by atoms with E-state index in [1.165, 1.54) is 11.1 Å². The number of nitrogens with zero attached hydrogens (tertiary/aromatic N) is 3. The van der Waals surface area contributed by atoms with Gasteiger partial charge < -0.3 is 9.84 Å². The third-order valence-corrected chi connectivity index (χ3v) is 5.45. The zero-order chi connectivity index (χ0) is 20.9. The number of hydrogen-bond acceptors (Lipinski definition) is 5. The van der Waals surface area contributed by atoms with Gasteiger partial charge in [-0.15, -0.1) is 0 Å². The summed E-state index contributed by atoms with van der Waals surface area (Å²) in [5.74, 6) is 0.956. The van der Waals surface area contributed by atoms with E-state index in [0.29, 0.717) is 13.1 Å². The summed E-state index contributed by atoms with van der Waals surface area (Å²) in [5, 5.41) is 7.12. The average molecular weight is 399 g/mol. The normalized spacial score (nSPS) is 16.1. The first-order chi connectivity index (χ1) is 13.8. The van der Waals surface area contributed by atoms with Crippen LogP contribution in [0.1, 0.15) is 43.4 Å². The minimum Gasteiger partial charge on any atom is -0.361 e. The summed E-state index contributed by atoms with van der Waals surface area (Å²) in [6.07, 6.45) is 0.862. The van der Waals surface area contributed by atoms with Crippen LogP contribution in [0.25, 0.3) is 0 Å². The number of piperazine rings is 1. The predicted molar refractivity (Wildman–Crippen MR) is 115 cm³/mol. The zero-order valence-electron chi connectivity index (χ0n) is 18.2. The Morgan fingerprint density at radius 1 is 1.10 bits per heavy atom. The van der Waals surface area contributed by atoms with Crippen molar-refractivity contribution in [3.63, 3.8) is 0 Å². The molecule has 1 fully saturated rings. The van der Waals surface area contributed by atoms with Crippen LogP contribution < -0.4 is 5.32 Å². The van der Waals surface area contributed by atoms with E-state index in [1.54, 1.807) is 0 Å². The Morgan fingerprint density at radius 3 is 2.34 bits per heavy atom. The fraction of sp³-hybridized carbons (Fsp3) is 0.565. The molecule has 2 heterocycles. The van der Waals surface area contributed by atoms with Crippen LogP contribution in [0.5, 0.6) is 0 Å². The van der Waals surface area contributed by atoms with Crippen LogP contribution in [0.3, 0.4) is 0 Å². The first kappa shape index (κ1) is 21.5. The van der Waals surface area contributed by atoms with Crippen LogP contribution in [-0.2, 0) is 23.2 Å². The largest absolute Gasteiger partial charge is 0.361 e. The Hall–Kier alpha value is -2.18. The van der Waals surface area contributed by atoms with Crippen molar-refractivity contribution in [3.8, 4) is 0 Å². The summed E-state index contributed by atoms with van der Waals surface area (Å²) in [6.45, 7) is 14.2. The van der Waals surface area contributed by atoms with E-state index in [0.717, 1.165) is 50.6 Å². The lowest BCUT2D eigenvalue weighted by molar-refractivity contribution is -0.122. The van der Waals surface area contributed by atoms with Gasteiger partial charge in [0.2, 0.25) is 5.91 Å². The van der Waals surface area contributed by atoms with Crippen molar-refractivity contribution in [1.82, 2.24) is 20.3 Å². The maximum atomic E-state index is 12.3. The van der Waals surface area contributed by atoms with Gasteiger partial charge in [-0.1, -0.05) is 50.2 Å². The molecule has 158 valence electrons. The quantitative estimate of drug-likeness (QED) is 0.777. The number of carbonyl (C=O) groups is 1. The molecule has 0 aliphatic carbocycles. The SMILES string of the molecule is Cc1cc(CN2CCN(CC(=O)NCCc3ccc(C(C)(C)C)cc3)CC2)no1. The second-order valence-electron chi connectivity index (χ2n) is 9.03. The number of aromatic nitrogens is 1. The van der Waals surface area contributed by atoms with Crippen molar-refractivity contribution >= 4 is 5.91 Å². The summed E-state index contributed by atoms with van der Waals surface area (Å²) in [7, 11) is 0. The number of benzene rings is 1. The predicted octanol–water partition coefficient (Wildman–Crippen LogP) is 2.76. The van der Waals surface area contributed by atoms with E-state index in [4.69, 9.17) is 4.52 Å². The lowest BCUT2D eigenvalue weighted by Gasteiger charge is -2.33. The molecule has 6 heteroatoms. The van der Waals surface area contributed by atoms with Crippen LogP contribution in [0, 0.1) is 6.92 Å². The Morgan fingerprint density at radius 2 is 1.76 bits per heavy atom. The lowest BCUT2D eigenvalue weighted by Crippen LogP contribution is -2.49. The second kappa shape index (κ2) is 9.55. The molecule has 1 aromatic carbocycles. The highest BCUT2D eigenvalue weighted by Crippen LogP contribution is 2.22. The van der Waals surface area contributed by atoms with Crippen LogP contribution in [0.2, 0.25) is 0 Å². The molecule has 0 atom stereocenters. The van der Waals surface area contributed by atoms with Crippen molar-refractivity contribution in [2.24, 2.45) is 0 Å². The van der Waals surface area contributed by atoms with Gasteiger partial charge in [0.25, 0.3) is 0 Å². The van der Waals surface area contributed by atoms with Crippen LogP contribution in [0.15, 0.2) is 34.9 Å². The molecule has 3 rings (SSSR count). The number of rotatable bonds is 7. The molecule has 1 amide bonds. The van der Waals surface area contributed by atoms with Crippen molar-refractivity contribution in [2.75, 3.05) is 39.3 Å². The van der Waals surface area contributed by atoms with Crippen molar-refractivity contribution in [1.29, 1.82) is 0 Å². The minimum absolute atomic E-state index is 0.108. The van der Waals surface area contributed by atoms with E-state index in [-0.39, 0.29) is 11.3 Å². The minimum atomic E-state index is 0.108. The number of amides is 1. The van der Waals surface area contributed by atoms with Crippen LogP contribution in [0.4, 0.5) is 0 Å². The van der Waals surface area contributed by atoms with E-state index in [1.807, 2.05) is 13.0 Å². The monoisotopic (exact) mass is 398 g/mol. The molecule has 1 N–H and O–H groups in total. The fourth-order valence-electron chi connectivity index (χ4n) is 3.60. The summed E-state index contributed by atoms with van der Waals surface area (Å²) >= 11 is 0. The smallest absolute Gasteiger partial charge is 0.234 e. The first-order valence-corrected chi connectivity index (χ1v) is 10.5. The van der Waals surface area contributed by atoms with E-state index in [9.17, 15) is 4.79 Å². The Balaban J connectivity index is 1.33. The number of carbonyl (C=O) groups excluding carboxylic acids is 1. The van der Waals surface area contributed by atoms with Gasteiger partial charge in [0.1, 0.15) is 5.76 Å². The molecule has 0 spiro atoms. The molecule has 1 saturated heterocycles. The van der Waals surface area contributed by atoms with Gasteiger partial charge in [0, 0.05) is 45.3 Å². The molecule has 6 nitrogen and oxygen atoms in total. The summed E-state index contributed by atoms with van der Waals surface area (Å²) < 4.78 is 5.13. The highest BCUT2D eigenvalue weighted by molar-refractivity contribution is 5.78. The third kappa shape index (κ3) is 6.68. The van der Waals surface area contributed by atoms with E-state index >= 15 is 0 Å². The van der Waals surface area contributed by atoms with E-state index < -0.39 is 0 Å². The molecule has 1 aliphatic heterocycles. The maximum Gasteiger partial charge on any atom is 0.234 e. The number of hydrogen-bond donors (Lipinski definition) is 1. The van der Waals surface area contributed by atoms with Crippen molar-refractivity contribution in [3.05, 3.63) is 52.9 Å². The highest BCUT2D eigenvalue weighted by Gasteiger charge is 2.20. The van der Waals surface area contributed by atoms with Gasteiger partial charge in [-0.25, -0.2) is 0 Å².